The van der Waals surface area contributed by atoms with Gasteiger partial charge in [-0.2, -0.15) is 0 Å². The minimum atomic E-state index is 0.719. The molecule has 1 aromatic rings. The Morgan fingerprint density at radius 1 is 1.05 bits per heavy atom. The number of hydrogen-bond acceptors (Lipinski definition) is 1. The summed E-state index contributed by atoms with van der Waals surface area (Å²) in [5.74, 6) is 1.69. The molecule has 0 saturated heterocycles. The second-order valence-corrected chi connectivity index (χ2v) is 6.01. The van der Waals surface area contributed by atoms with Gasteiger partial charge in [-0.25, -0.2) is 0 Å². The van der Waals surface area contributed by atoms with Gasteiger partial charge in [0.2, 0.25) is 0 Å². The molecular formula is C19H28O. The van der Waals surface area contributed by atoms with Crippen LogP contribution in [0.4, 0.5) is 0 Å². The monoisotopic (exact) mass is 272 g/mol. The normalized spacial score (nSPS) is 23.3. The van der Waals surface area contributed by atoms with Crippen LogP contribution in [0.25, 0.3) is 0 Å². The first kappa shape index (κ1) is 15.3. The maximum atomic E-state index is 5.17. The van der Waals surface area contributed by atoms with E-state index in [1.807, 2.05) is 0 Å². The van der Waals surface area contributed by atoms with E-state index < -0.39 is 0 Å². The average molecular weight is 272 g/mol. The highest BCUT2D eigenvalue weighted by Crippen LogP contribution is 2.37. The molecule has 1 saturated carbocycles. The molecule has 0 heterocycles. The molecule has 2 rings (SSSR count). The van der Waals surface area contributed by atoms with Crippen molar-refractivity contribution in [3.8, 4) is 0 Å². The van der Waals surface area contributed by atoms with Crippen molar-refractivity contribution in [1.82, 2.24) is 0 Å². The molecule has 1 aliphatic carbocycles. The van der Waals surface area contributed by atoms with Gasteiger partial charge in [0.25, 0.3) is 0 Å². The molecule has 1 fully saturated rings. The van der Waals surface area contributed by atoms with Crippen LogP contribution in [0.1, 0.15) is 62.5 Å². The van der Waals surface area contributed by atoms with Gasteiger partial charge in [0.1, 0.15) is 0 Å². The van der Waals surface area contributed by atoms with Crippen molar-refractivity contribution in [2.75, 3.05) is 7.11 Å². The topological polar surface area (TPSA) is 9.23 Å². The van der Waals surface area contributed by atoms with Crippen LogP contribution in [0.15, 0.2) is 36.4 Å². The van der Waals surface area contributed by atoms with E-state index in [1.165, 1.54) is 49.7 Å². The molecule has 0 bridgehead atoms. The summed E-state index contributed by atoms with van der Waals surface area (Å²) in [6, 6.07) is 9.04. The first-order valence-electron chi connectivity index (χ1n) is 8.06. The molecule has 1 nitrogen and oxygen atoms in total. The second kappa shape index (κ2) is 8.26. The Hall–Kier alpha value is -1.08. The van der Waals surface area contributed by atoms with E-state index in [4.69, 9.17) is 4.74 Å². The maximum absolute atomic E-state index is 5.17. The Labute approximate surface area is 124 Å². The molecule has 20 heavy (non-hydrogen) atoms. The summed E-state index contributed by atoms with van der Waals surface area (Å²) >= 11 is 0. The van der Waals surface area contributed by atoms with Crippen molar-refractivity contribution in [3.05, 3.63) is 47.5 Å². The highest BCUT2D eigenvalue weighted by Gasteiger charge is 2.21. The standard InChI is InChI=1S/C19H28O/c1-3-4-5-6-16-7-11-18(12-8-16)19-13-9-17(10-14-19)15-20-2/h4-5,9-10,13-14,16,18H,3,6-8,11-12,15H2,1-2H3/b5-4+/t16-,18-. The van der Waals surface area contributed by atoms with Crippen molar-refractivity contribution in [2.45, 2.75) is 58.0 Å². The van der Waals surface area contributed by atoms with Crippen LogP contribution < -0.4 is 0 Å². The van der Waals surface area contributed by atoms with E-state index in [2.05, 4.69) is 43.3 Å². The predicted molar refractivity (Wildman–Crippen MR) is 85.9 cm³/mol. The first-order chi connectivity index (χ1) is 9.83. The lowest BCUT2D eigenvalue weighted by atomic mass is 9.77. The summed E-state index contributed by atoms with van der Waals surface area (Å²) < 4.78 is 5.17. The number of methoxy groups -OCH3 is 1. The second-order valence-electron chi connectivity index (χ2n) is 6.01. The lowest BCUT2D eigenvalue weighted by Gasteiger charge is -2.28. The van der Waals surface area contributed by atoms with Crippen LogP contribution in [-0.4, -0.2) is 7.11 Å². The van der Waals surface area contributed by atoms with Gasteiger partial charge < -0.3 is 4.74 Å². The van der Waals surface area contributed by atoms with Crippen molar-refractivity contribution < 1.29 is 4.74 Å². The summed E-state index contributed by atoms with van der Waals surface area (Å²) in [6.07, 6.45) is 12.6. The number of ether oxygens (including phenoxy) is 1. The van der Waals surface area contributed by atoms with E-state index >= 15 is 0 Å². The third-order valence-electron chi connectivity index (χ3n) is 4.48. The Kier molecular flexibility index (Phi) is 6.32. The quantitative estimate of drug-likeness (QED) is 0.624. The van der Waals surface area contributed by atoms with Gasteiger partial charge in [0.05, 0.1) is 6.61 Å². The maximum Gasteiger partial charge on any atom is 0.0713 e. The molecular weight excluding hydrogens is 244 g/mol. The summed E-state index contributed by atoms with van der Waals surface area (Å²) in [6.45, 7) is 2.93. The largest absolute Gasteiger partial charge is 0.380 e. The molecule has 0 unspecified atom stereocenters. The Morgan fingerprint density at radius 3 is 2.35 bits per heavy atom. The Morgan fingerprint density at radius 2 is 1.75 bits per heavy atom. The van der Waals surface area contributed by atoms with E-state index in [9.17, 15) is 0 Å². The van der Waals surface area contributed by atoms with Gasteiger partial charge in [-0.1, -0.05) is 43.3 Å². The smallest absolute Gasteiger partial charge is 0.0713 e. The van der Waals surface area contributed by atoms with Crippen LogP contribution in [0, 0.1) is 5.92 Å². The first-order valence-corrected chi connectivity index (χ1v) is 8.06. The number of benzene rings is 1. The van der Waals surface area contributed by atoms with E-state index in [-0.39, 0.29) is 0 Å². The van der Waals surface area contributed by atoms with Crippen molar-refractivity contribution >= 4 is 0 Å². The molecule has 110 valence electrons. The van der Waals surface area contributed by atoms with E-state index in [0.29, 0.717) is 0 Å². The summed E-state index contributed by atoms with van der Waals surface area (Å²) in [5.41, 5.74) is 2.79. The van der Waals surface area contributed by atoms with E-state index in [1.54, 1.807) is 7.11 Å². The van der Waals surface area contributed by atoms with Crippen LogP contribution >= 0.6 is 0 Å². The average Bonchev–Trinajstić information content (AvgIpc) is 2.49. The fourth-order valence-electron chi connectivity index (χ4n) is 3.24. The van der Waals surface area contributed by atoms with Gasteiger partial charge in [-0.15, -0.1) is 0 Å². The number of allylic oxidation sites excluding steroid dienone is 2. The SMILES string of the molecule is CC/C=C/C[C@H]1CC[C@H](c2ccc(COC)cc2)CC1. The third kappa shape index (κ3) is 4.49. The molecule has 0 aliphatic heterocycles. The third-order valence-corrected chi connectivity index (χ3v) is 4.48. The fourth-order valence-corrected chi connectivity index (χ4v) is 3.24. The minimum Gasteiger partial charge on any atom is -0.380 e. The Balaban J connectivity index is 1.82. The van der Waals surface area contributed by atoms with Crippen molar-refractivity contribution in [3.63, 3.8) is 0 Å². The van der Waals surface area contributed by atoms with Crippen LogP contribution in [-0.2, 0) is 11.3 Å². The number of hydrogen-bond donors (Lipinski definition) is 0. The summed E-state index contributed by atoms with van der Waals surface area (Å²) in [5, 5.41) is 0. The van der Waals surface area contributed by atoms with Gasteiger partial charge >= 0.3 is 0 Å². The summed E-state index contributed by atoms with van der Waals surface area (Å²) in [4.78, 5) is 0. The van der Waals surface area contributed by atoms with Crippen LogP contribution in [0.2, 0.25) is 0 Å². The lowest BCUT2D eigenvalue weighted by Crippen LogP contribution is -2.12. The van der Waals surface area contributed by atoms with Crippen molar-refractivity contribution in [1.29, 1.82) is 0 Å². The molecule has 0 N–H and O–H groups in total. The van der Waals surface area contributed by atoms with Crippen LogP contribution in [0.5, 0.6) is 0 Å². The number of rotatable bonds is 6. The fraction of sp³-hybridized carbons (Fsp3) is 0.579. The molecule has 0 atom stereocenters. The molecule has 0 aromatic heterocycles. The predicted octanol–water partition coefficient (Wildman–Crippen LogP) is 5.46. The summed E-state index contributed by atoms with van der Waals surface area (Å²) in [7, 11) is 1.75. The van der Waals surface area contributed by atoms with Gasteiger partial charge in [-0.3, -0.25) is 0 Å². The zero-order valence-corrected chi connectivity index (χ0v) is 13.0. The molecule has 0 radical (unpaired) electrons. The van der Waals surface area contributed by atoms with E-state index in [0.717, 1.165) is 18.4 Å². The highest BCUT2D eigenvalue weighted by molar-refractivity contribution is 5.25. The molecule has 1 heteroatoms. The molecule has 1 aromatic carbocycles. The highest BCUT2D eigenvalue weighted by atomic mass is 16.5. The van der Waals surface area contributed by atoms with Crippen LogP contribution in [0.3, 0.4) is 0 Å². The molecule has 1 aliphatic rings. The van der Waals surface area contributed by atoms with Crippen molar-refractivity contribution in [2.24, 2.45) is 5.92 Å². The minimum absolute atomic E-state index is 0.719. The van der Waals surface area contributed by atoms with Gasteiger partial charge in [-0.05, 0) is 61.5 Å². The van der Waals surface area contributed by atoms with Gasteiger partial charge in [0.15, 0.2) is 0 Å². The Bertz CT molecular complexity index is 396. The lowest BCUT2D eigenvalue weighted by molar-refractivity contribution is 0.185. The van der Waals surface area contributed by atoms with Gasteiger partial charge in [0, 0.05) is 7.11 Å². The molecule has 0 amide bonds. The zero-order chi connectivity index (χ0) is 14.2. The molecule has 0 spiro atoms. The zero-order valence-electron chi connectivity index (χ0n) is 13.0.